The minimum Gasteiger partial charge on any atom is -0.323 e. The highest BCUT2D eigenvalue weighted by atomic mass is 31.2. The van der Waals surface area contributed by atoms with Crippen LogP contribution in [0.25, 0.3) is 0 Å². The fraction of sp³-hybridized carbons (Fsp3) is 0.600. The van der Waals surface area contributed by atoms with E-state index in [1.54, 1.807) is 4.90 Å². The summed E-state index contributed by atoms with van der Waals surface area (Å²) in [5.74, 6) is -1.13. The average molecular weight is 387 g/mol. The highest BCUT2D eigenvalue weighted by molar-refractivity contribution is 7.52. The Bertz CT molecular complexity index is 611. The zero-order valence-electron chi connectivity index (χ0n) is 14.5. The first kappa shape index (κ1) is 20.9. The number of nitro benzene ring substituents is 1. The van der Waals surface area contributed by atoms with Gasteiger partial charge in [-0.2, -0.15) is 0 Å². The number of nitrogens with one attached hydrogen (secondary N) is 3. The first-order valence-electron chi connectivity index (χ1n) is 8.55. The van der Waals surface area contributed by atoms with Crippen molar-refractivity contribution in [3.8, 4) is 0 Å². The zero-order chi connectivity index (χ0) is 19.0. The molecule has 0 aliphatic carbocycles. The maximum Gasteiger partial charge on any atom is 0.347 e. The van der Waals surface area contributed by atoms with Gasteiger partial charge in [-0.25, -0.2) is 0 Å². The highest BCUT2D eigenvalue weighted by Crippen LogP contribution is 2.53. The maximum atomic E-state index is 12.2. The van der Waals surface area contributed by atoms with Gasteiger partial charge >= 0.3 is 7.60 Å². The van der Waals surface area contributed by atoms with Crippen LogP contribution in [0.15, 0.2) is 24.3 Å². The van der Waals surface area contributed by atoms with Crippen molar-refractivity contribution >= 4 is 13.3 Å². The molecule has 1 aromatic rings. The maximum absolute atomic E-state index is 12.2. The van der Waals surface area contributed by atoms with Crippen LogP contribution >= 0.6 is 7.60 Å². The summed E-state index contributed by atoms with van der Waals surface area (Å²) in [5.41, 5.74) is 0.264. The molecule has 2 rings (SSSR count). The molecule has 0 bridgehead atoms. The van der Waals surface area contributed by atoms with Gasteiger partial charge in [0.25, 0.3) is 5.69 Å². The normalized spacial score (nSPS) is 19.9. The lowest BCUT2D eigenvalue weighted by molar-refractivity contribution is -0.384. The van der Waals surface area contributed by atoms with E-state index in [9.17, 15) is 24.5 Å². The molecular weight excluding hydrogens is 361 g/mol. The molecule has 1 saturated heterocycles. The summed E-state index contributed by atoms with van der Waals surface area (Å²) in [4.78, 5) is 31.9. The van der Waals surface area contributed by atoms with Crippen LogP contribution in [-0.2, 0) is 4.57 Å². The van der Waals surface area contributed by atoms with Crippen molar-refractivity contribution in [2.45, 2.75) is 5.78 Å². The topological polar surface area (TPSA) is 140 Å². The summed E-state index contributed by atoms with van der Waals surface area (Å²) in [6.45, 7) is 5.27. The van der Waals surface area contributed by atoms with Crippen molar-refractivity contribution in [1.82, 2.24) is 20.9 Å². The van der Waals surface area contributed by atoms with Crippen molar-refractivity contribution in [1.29, 1.82) is 0 Å². The number of benzene rings is 1. The fourth-order valence-electron chi connectivity index (χ4n) is 2.92. The van der Waals surface area contributed by atoms with Gasteiger partial charge in [-0.1, -0.05) is 0 Å². The smallest absolute Gasteiger partial charge is 0.323 e. The Kier molecular flexibility index (Phi) is 8.11. The van der Waals surface area contributed by atoms with Gasteiger partial charge < -0.3 is 25.7 Å². The Balaban J connectivity index is 2.21. The highest BCUT2D eigenvalue weighted by Gasteiger charge is 2.35. The van der Waals surface area contributed by atoms with E-state index in [2.05, 4.69) is 16.0 Å². The largest absolute Gasteiger partial charge is 0.347 e. The van der Waals surface area contributed by atoms with E-state index in [0.29, 0.717) is 31.7 Å². The Labute approximate surface area is 152 Å². The molecule has 146 valence electrons. The molecule has 1 fully saturated rings. The van der Waals surface area contributed by atoms with Crippen LogP contribution in [0.5, 0.6) is 0 Å². The first-order chi connectivity index (χ1) is 12.4. The van der Waals surface area contributed by atoms with Crippen LogP contribution in [0.3, 0.4) is 0 Å². The van der Waals surface area contributed by atoms with Crippen LogP contribution in [0.4, 0.5) is 5.69 Å². The van der Waals surface area contributed by atoms with Crippen LogP contribution in [0.1, 0.15) is 11.3 Å². The van der Waals surface area contributed by atoms with Gasteiger partial charge in [0.2, 0.25) is 0 Å². The molecule has 0 spiro atoms. The van der Waals surface area contributed by atoms with E-state index in [-0.39, 0.29) is 5.69 Å². The van der Waals surface area contributed by atoms with Crippen molar-refractivity contribution < 1.29 is 19.3 Å². The molecule has 10 nitrogen and oxygen atoms in total. The van der Waals surface area contributed by atoms with Gasteiger partial charge in [0.05, 0.1) is 4.92 Å². The summed E-state index contributed by atoms with van der Waals surface area (Å²) >= 11 is 0. The van der Waals surface area contributed by atoms with E-state index in [1.807, 2.05) is 0 Å². The van der Waals surface area contributed by atoms with Crippen LogP contribution in [0, 0.1) is 10.1 Å². The second-order valence-corrected chi connectivity index (χ2v) is 7.76. The summed E-state index contributed by atoms with van der Waals surface area (Å²) in [5, 5.41) is 20.6. The average Bonchev–Trinajstić information content (AvgIpc) is 2.56. The van der Waals surface area contributed by atoms with E-state index < -0.39 is 18.3 Å². The predicted molar refractivity (Wildman–Crippen MR) is 98.1 cm³/mol. The standard InChI is InChI=1S/C15H26N5O5P/c21-20(22)14-3-1-13(2-4-14)15(26(23,24)25)19-11-9-17-7-5-16-6-8-18-10-12-19/h1-4,15-18H,5-12H2,(H2,23,24,25). The minimum absolute atomic E-state index is 0.109. The van der Waals surface area contributed by atoms with Crippen LogP contribution in [-0.4, -0.2) is 72.0 Å². The fourth-order valence-corrected chi connectivity index (χ4v) is 4.13. The SMILES string of the molecule is O=[N+]([O-])c1ccc(C(N2CCNCCNCCNCC2)P(=O)(O)O)cc1. The monoisotopic (exact) mass is 387 g/mol. The molecule has 0 aromatic heterocycles. The minimum atomic E-state index is -4.49. The number of non-ortho nitro benzene ring substituents is 1. The van der Waals surface area contributed by atoms with Crippen molar-refractivity contribution in [2.24, 2.45) is 0 Å². The summed E-state index contributed by atoms with van der Waals surface area (Å²) in [6, 6.07) is 5.39. The van der Waals surface area contributed by atoms with Gasteiger partial charge in [0.15, 0.2) is 0 Å². The van der Waals surface area contributed by atoms with Crippen molar-refractivity contribution in [2.75, 3.05) is 52.4 Å². The molecule has 11 heteroatoms. The number of rotatable bonds is 4. The van der Waals surface area contributed by atoms with Crippen LogP contribution < -0.4 is 16.0 Å². The molecule has 26 heavy (non-hydrogen) atoms. The molecular formula is C15H26N5O5P. The molecule has 1 aliphatic rings. The molecule has 1 heterocycles. The molecule has 1 atom stereocenters. The predicted octanol–water partition coefficient (Wildman–Crippen LogP) is -0.144. The molecule has 0 saturated carbocycles. The zero-order valence-corrected chi connectivity index (χ0v) is 15.4. The Hall–Kier alpha value is -1.39. The van der Waals surface area contributed by atoms with Gasteiger partial charge in [-0.15, -0.1) is 0 Å². The van der Waals surface area contributed by atoms with E-state index in [4.69, 9.17) is 0 Å². The molecule has 1 aliphatic heterocycles. The second kappa shape index (κ2) is 10.1. The third-order valence-electron chi connectivity index (χ3n) is 4.18. The van der Waals surface area contributed by atoms with E-state index >= 15 is 0 Å². The molecule has 5 N–H and O–H groups in total. The third kappa shape index (κ3) is 6.40. The van der Waals surface area contributed by atoms with Gasteiger partial charge in [-0.05, 0) is 17.7 Å². The molecule has 1 unspecified atom stereocenters. The van der Waals surface area contributed by atoms with Gasteiger partial charge in [-0.3, -0.25) is 19.6 Å². The van der Waals surface area contributed by atoms with Crippen molar-refractivity contribution in [3.63, 3.8) is 0 Å². The van der Waals surface area contributed by atoms with E-state index in [0.717, 1.165) is 26.2 Å². The molecule has 1 aromatic carbocycles. The number of hydrogen-bond acceptors (Lipinski definition) is 7. The van der Waals surface area contributed by atoms with Gasteiger partial charge in [0, 0.05) is 64.5 Å². The van der Waals surface area contributed by atoms with Crippen molar-refractivity contribution in [3.05, 3.63) is 39.9 Å². The molecule has 0 radical (unpaired) electrons. The van der Waals surface area contributed by atoms with Crippen LogP contribution in [0.2, 0.25) is 0 Å². The first-order valence-corrected chi connectivity index (χ1v) is 10.2. The number of hydrogen-bond donors (Lipinski definition) is 5. The lowest BCUT2D eigenvalue weighted by Crippen LogP contribution is -2.43. The number of nitro groups is 1. The Morgan fingerprint density at radius 1 is 0.962 bits per heavy atom. The number of nitrogens with zero attached hydrogens (tertiary/aromatic N) is 2. The summed E-state index contributed by atoms with van der Waals surface area (Å²) in [7, 11) is -4.49. The summed E-state index contributed by atoms with van der Waals surface area (Å²) < 4.78 is 12.2. The Morgan fingerprint density at radius 2 is 1.42 bits per heavy atom. The quantitative estimate of drug-likeness (QED) is 0.271. The third-order valence-corrected chi connectivity index (χ3v) is 5.44. The summed E-state index contributed by atoms with van der Waals surface area (Å²) in [6.07, 6.45) is 0. The Morgan fingerprint density at radius 3 is 1.85 bits per heavy atom. The van der Waals surface area contributed by atoms with E-state index in [1.165, 1.54) is 24.3 Å². The second-order valence-electron chi connectivity index (χ2n) is 6.10. The lowest BCUT2D eigenvalue weighted by atomic mass is 10.2. The van der Waals surface area contributed by atoms with Gasteiger partial charge in [0.1, 0.15) is 5.78 Å². The lowest BCUT2D eigenvalue weighted by Gasteiger charge is -2.32. The molecule has 0 amide bonds.